The number of hydrogen-bond donors (Lipinski definition) is 1. The van der Waals surface area contributed by atoms with Crippen LogP contribution in [0.25, 0.3) is 11.5 Å². The highest BCUT2D eigenvalue weighted by atomic mass is 79.9. The van der Waals surface area contributed by atoms with Gasteiger partial charge in [0, 0.05) is 10.0 Å². The van der Waals surface area contributed by atoms with E-state index in [2.05, 4.69) is 26.2 Å². The van der Waals surface area contributed by atoms with Gasteiger partial charge in [-0.05, 0) is 43.0 Å². The molecule has 2 heterocycles. The lowest BCUT2D eigenvalue weighted by Gasteiger charge is -2.21. The Labute approximate surface area is 165 Å². The van der Waals surface area contributed by atoms with Gasteiger partial charge in [0.1, 0.15) is 18.3 Å². The van der Waals surface area contributed by atoms with Gasteiger partial charge in [0.05, 0.1) is 0 Å². The summed E-state index contributed by atoms with van der Waals surface area (Å²) in [5.41, 5.74) is 3.81. The maximum Gasteiger partial charge on any atom is 0.328 e. The Morgan fingerprint density at radius 2 is 2.07 bits per heavy atom. The van der Waals surface area contributed by atoms with E-state index in [1.54, 1.807) is 0 Å². The number of halogens is 1. The van der Waals surface area contributed by atoms with E-state index in [9.17, 15) is 4.79 Å². The molecule has 0 bridgehead atoms. The number of aromatic nitrogens is 1. The summed E-state index contributed by atoms with van der Waals surface area (Å²) in [5.74, 6) is 0.836. The average molecular weight is 427 g/mol. The van der Waals surface area contributed by atoms with E-state index in [0.29, 0.717) is 24.6 Å². The molecule has 138 valence electrons. The van der Waals surface area contributed by atoms with Crippen LogP contribution >= 0.6 is 15.9 Å². The van der Waals surface area contributed by atoms with Gasteiger partial charge in [0.2, 0.25) is 11.8 Å². The van der Waals surface area contributed by atoms with Crippen molar-refractivity contribution in [1.29, 1.82) is 0 Å². The summed E-state index contributed by atoms with van der Waals surface area (Å²) < 4.78 is 12.4. The molecule has 0 amide bonds. The topological polar surface area (TPSA) is 64.4 Å². The Hall–Kier alpha value is -2.60. The van der Waals surface area contributed by atoms with Crippen LogP contribution in [0, 0.1) is 6.92 Å². The van der Waals surface area contributed by atoms with Crippen LogP contribution in [0.2, 0.25) is 0 Å². The van der Waals surface area contributed by atoms with Crippen molar-refractivity contribution >= 4 is 27.8 Å². The molecule has 5 nitrogen and oxygen atoms in total. The summed E-state index contributed by atoms with van der Waals surface area (Å²) in [5, 5.41) is 3.14. The lowest BCUT2D eigenvalue weighted by Crippen LogP contribution is -2.34. The monoisotopic (exact) mass is 426 g/mol. The van der Waals surface area contributed by atoms with Gasteiger partial charge in [-0.2, -0.15) is 0 Å². The number of hydrogen-bond acceptors (Lipinski definition) is 5. The van der Waals surface area contributed by atoms with Crippen molar-refractivity contribution < 1.29 is 13.9 Å². The van der Waals surface area contributed by atoms with Crippen LogP contribution in [-0.4, -0.2) is 17.0 Å². The third kappa shape index (κ3) is 3.76. The summed E-state index contributed by atoms with van der Waals surface area (Å²) in [6.07, 6.45) is 1.30. The van der Waals surface area contributed by atoms with Crippen molar-refractivity contribution in [1.82, 2.24) is 4.98 Å². The van der Waals surface area contributed by atoms with Gasteiger partial charge in [-0.1, -0.05) is 52.3 Å². The summed E-state index contributed by atoms with van der Waals surface area (Å²) in [7, 11) is 0. The molecule has 2 aromatic carbocycles. The Kier molecular flexibility index (Phi) is 4.99. The fourth-order valence-electron chi connectivity index (χ4n) is 3.11. The second kappa shape index (κ2) is 7.56. The number of aryl methyl sites for hydroxylation is 1. The quantitative estimate of drug-likeness (QED) is 0.602. The van der Waals surface area contributed by atoms with Crippen molar-refractivity contribution in [2.75, 3.05) is 5.32 Å². The van der Waals surface area contributed by atoms with Gasteiger partial charge in [-0.25, -0.2) is 9.78 Å². The Morgan fingerprint density at radius 3 is 2.89 bits per heavy atom. The average Bonchev–Trinajstić information content (AvgIpc) is 3.12. The summed E-state index contributed by atoms with van der Waals surface area (Å²) >= 11 is 3.53. The molecule has 0 aliphatic carbocycles. The lowest BCUT2D eigenvalue weighted by molar-refractivity contribution is -0.146. The first-order chi connectivity index (χ1) is 13.1. The molecule has 0 radical (unpaired) electrons. The molecule has 1 aliphatic rings. The van der Waals surface area contributed by atoms with Crippen molar-refractivity contribution in [3.63, 3.8) is 0 Å². The molecule has 1 atom stereocenters. The first-order valence-electron chi connectivity index (χ1n) is 8.84. The Balaban J connectivity index is 1.46. The van der Waals surface area contributed by atoms with E-state index in [-0.39, 0.29) is 12.6 Å². The number of fused-ring (bicyclic) bond motifs is 1. The molecule has 1 unspecified atom stereocenters. The van der Waals surface area contributed by atoms with E-state index in [4.69, 9.17) is 9.15 Å². The number of rotatable bonds is 4. The van der Waals surface area contributed by atoms with Gasteiger partial charge in [-0.15, -0.1) is 0 Å². The largest absolute Gasteiger partial charge is 0.459 e. The first-order valence-corrected chi connectivity index (χ1v) is 9.63. The Morgan fingerprint density at radius 1 is 1.26 bits per heavy atom. The second-order valence-corrected chi connectivity index (χ2v) is 7.39. The predicted molar refractivity (Wildman–Crippen MR) is 106 cm³/mol. The molecule has 0 saturated heterocycles. The molecular weight excluding hydrogens is 408 g/mol. The molecule has 1 N–H and O–H groups in total. The molecule has 0 fully saturated rings. The third-order valence-electron chi connectivity index (χ3n) is 4.68. The smallest absolute Gasteiger partial charge is 0.328 e. The number of esters is 1. The minimum atomic E-state index is -0.425. The van der Waals surface area contributed by atoms with E-state index in [1.807, 2.05) is 55.5 Å². The fraction of sp³-hybridized carbons (Fsp3) is 0.238. The highest BCUT2D eigenvalue weighted by Gasteiger charge is 2.29. The molecular formula is C21H19BrN2O3. The van der Waals surface area contributed by atoms with Crippen LogP contribution in [-0.2, 0) is 22.6 Å². The number of oxazole rings is 1. The molecule has 4 rings (SSSR count). The van der Waals surface area contributed by atoms with Crippen LogP contribution in [0.4, 0.5) is 5.88 Å². The third-order valence-corrected chi connectivity index (χ3v) is 5.54. The molecule has 0 saturated carbocycles. The zero-order valence-electron chi connectivity index (χ0n) is 14.9. The second-order valence-electron chi connectivity index (χ2n) is 6.54. The van der Waals surface area contributed by atoms with Crippen LogP contribution in [0.3, 0.4) is 0 Å². The van der Waals surface area contributed by atoms with Crippen molar-refractivity contribution in [3.8, 4) is 11.5 Å². The van der Waals surface area contributed by atoms with E-state index < -0.39 is 6.04 Å². The predicted octanol–water partition coefficient (Wildman–Crippen LogP) is 4.88. The van der Waals surface area contributed by atoms with E-state index >= 15 is 0 Å². The highest BCUT2D eigenvalue weighted by molar-refractivity contribution is 9.10. The molecule has 27 heavy (non-hydrogen) atoms. The van der Waals surface area contributed by atoms with Crippen LogP contribution in [0.5, 0.6) is 0 Å². The summed E-state index contributed by atoms with van der Waals surface area (Å²) in [6.45, 7) is 2.28. The van der Waals surface area contributed by atoms with Crippen molar-refractivity contribution in [2.24, 2.45) is 0 Å². The number of anilines is 1. The molecule has 6 heteroatoms. The summed E-state index contributed by atoms with van der Waals surface area (Å²) in [4.78, 5) is 17.0. The number of carbonyl (C=O) groups is 1. The SMILES string of the molecule is Cc1c(Br)cccc1-c1nc2c(o1)NC(C(=O)OCc1ccccc1)CC2. The van der Waals surface area contributed by atoms with Gasteiger partial charge in [0.15, 0.2) is 0 Å². The first kappa shape index (κ1) is 17.8. The number of ether oxygens (including phenoxy) is 1. The van der Waals surface area contributed by atoms with Gasteiger partial charge in [-0.3, -0.25) is 0 Å². The standard InChI is InChI=1S/C21H19BrN2O3/c1-13-15(8-5-9-16(13)22)19-23-17-10-11-18(24-20(17)27-19)21(25)26-12-14-6-3-2-4-7-14/h2-9,18,24H,10-12H2,1H3. The van der Waals surface area contributed by atoms with E-state index in [1.165, 1.54) is 0 Å². The zero-order chi connectivity index (χ0) is 18.8. The molecule has 0 spiro atoms. The van der Waals surface area contributed by atoms with Gasteiger partial charge < -0.3 is 14.5 Å². The maximum atomic E-state index is 12.4. The fourth-order valence-corrected chi connectivity index (χ4v) is 3.47. The molecule has 1 aliphatic heterocycles. The minimum Gasteiger partial charge on any atom is -0.459 e. The normalized spacial score (nSPS) is 15.7. The molecule has 3 aromatic rings. The maximum absolute atomic E-state index is 12.4. The van der Waals surface area contributed by atoms with Crippen molar-refractivity contribution in [2.45, 2.75) is 32.4 Å². The molecule has 1 aromatic heterocycles. The minimum absolute atomic E-state index is 0.267. The number of benzene rings is 2. The van der Waals surface area contributed by atoms with Gasteiger partial charge >= 0.3 is 5.97 Å². The Bertz CT molecular complexity index is 969. The van der Waals surface area contributed by atoms with Gasteiger partial charge in [0.25, 0.3) is 0 Å². The lowest BCUT2D eigenvalue weighted by atomic mass is 10.1. The summed E-state index contributed by atoms with van der Waals surface area (Å²) in [6, 6.07) is 15.1. The number of nitrogens with zero attached hydrogens (tertiary/aromatic N) is 1. The number of carbonyl (C=O) groups excluding carboxylic acids is 1. The zero-order valence-corrected chi connectivity index (χ0v) is 16.5. The highest BCUT2D eigenvalue weighted by Crippen LogP contribution is 2.34. The van der Waals surface area contributed by atoms with Crippen LogP contribution in [0.15, 0.2) is 57.4 Å². The number of nitrogens with one attached hydrogen (secondary N) is 1. The van der Waals surface area contributed by atoms with E-state index in [0.717, 1.165) is 26.9 Å². The van der Waals surface area contributed by atoms with Crippen LogP contribution < -0.4 is 5.32 Å². The van der Waals surface area contributed by atoms with Crippen molar-refractivity contribution in [3.05, 3.63) is 69.8 Å². The van der Waals surface area contributed by atoms with Crippen LogP contribution in [0.1, 0.15) is 23.2 Å².